The quantitative estimate of drug-likeness (QED) is 0.689. The van der Waals surface area contributed by atoms with E-state index in [1.807, 2.05) is 44.2 Å². The molecule has 0 bridgehead atoms. The van der Waals surface area contributed by atoms with Crippen LogP contribution in [0.1, 0.15) is 19.4 Å². The Bertz CT molecular complexity index is 879. The molecule has 1 fully saturated rings. The first-order chi connectivity index (χ1) is 12.4. The van der Waals surface area contributed by atoms with Crippen LogP contribution < -0.4 is 0 Å². The summed E-state index contributed by atoms with van der Waals surface area (Å²) in [6.45, 7) is 4.46. The zero-order valence-corrected chi connectivity index (χ0v) is 15.3. The van der Waals surface area contributed by atoms with Gasteiger partial charge in [-0.1, -0.05) is 44.2 Å². The Kier molecular flexibility index (Phi) is 5.52. The first kappa shape index (κ1) is 18.3. The lowest BCUT2D eigenvalue weighted by atomic mass is 10.2. The normalized spacial score (nSPS) is 17.7. The van der Waals surface area contributed by atoms with Crippen molar-refractivity contribution in [3.63, 3.8) is 0 Å². The molecule has 1 amide bonds. The SMILES string of the molecule is CC(C)CN1C(=O)/C(=C\c2ccccc2)SC1=Nc1ccc(F)cc1F. The molecule has 26 heavy (non-hydrogen) atoms. The summed E-state index contributed by atoms with van der Waals surface area (Å²) < 4.78 is 27.1. The van der Waals surface area contributed by atoms with Crippen molar-refractivity contribution >= 4 is 34.6 Å². The van der Waals surface area contributed by atoms with Crippen molar-refractivity contribution in [2.24, 2.45) is 10.9 Å². The second-order valence-corrected chi connectivity index (χ2v) is 7.33. The van der Waals surface area contributed by atoms with Gasteiger partial charge in [0.25, 0.3) is 5.91 Å². The number of halogens is 2. The van der Waals surface area contributed by atoms with Crippen LogP contribution in [0, 0.1) is 17.6 Å². The van der Waals surface area contributed by atoms with Crippen molar-refractivity contribution in [2.75, 3.05) is 6.54 Å². The molecule has 0 aromatic heterocycles. The van der Waals surface area contributed by atoms with E-state index in [0.717, 1.165) is 17.7 Å². The number of rotatable bonds is 4. The van der Waals surface area contributed by atoms with Gasteiger partial charge in [-0.25, -0.2) is 13.8 Å². The minimum atomic E-state index is -0.754. The van der Waals surface area contributed by atoms with Crippen LogP contribution in [-0.4, -0.2) is 22.5 Å². The van der Waals surface area contributed by atoms with E-state index in [1.54, 1.807) is 11.0 Å². The minimum Gasteiger partial charge on any atom is -0.286 e. The summed E-state index contributed by atoms with van der Waals surface area (Å²) in [5, 5.41) is 0.399. The molecule has 1 saturated heterocycles. The fourth-order valence-corrected chi connectivity index (χ4v) is 3.49. The highest BCUT2D eigenvalue weighted by Gasteiger charge is 2.33. The van der Waals surface area contributed by atoms with E-state index in [4.69, 9.17) is 0 Å². The number of amides is 1. The summed E-state index contributed by atoms with van der Waals surface area (Å²) in [7, 11) is 0. The van der Waals surface area contributed by atoms with E-state index in [1.165, 1.54) is 17.8 Å². The molecule has 3 rings (SSSR count). The van der Waals surface area contributed by atoms with Crippen LogP contribution in [0.3, 0.4) is 0 Å². The van der Waals surface area contributed by atoms with E-state index >= 15 is 0 Å². The van der Waals surface area contributed by atoms with Crippen LogP contribution in [-0.2, 0) is 4.79 Å². The number of hydrogen-bond donors (Lipinski definition) is 0. The summed E-state index contributed by atoms with van der Waals surface area (Å²) in [6.07, 6.45) is 1.80. The van der Waals surface area contributed by atoms with Crippen molar-refractivity contribution in [1.29, 1.82) is 0 Å². The number of aliphatic imine (C=N–C) groups is 1. The lowest BCUT2D eigenvalue weighted by Crippen LogP contribution is -2.32. The highest BCUT2D eigenvalue weighted by Crippen LogP contribution is 2.35. The molecule has 1 aliphatic rings. The van der Waals surface area contributed by atoms with Gasteiger partial charge in [0.2, 0.25) is 0 Å². The van der Waals surface area contributed by atoms with Crippen LogP contribution in [0.2, 0.25) is 0 Å². The summed E-state index contributed by atoms with van der Waals surface area (Å²) in [4.78, 5) is 19.1. The highest BCUT2D eigenvalue weighted by atomic mass is 32.2. The van der Waals surface area contributed by atoms with Gasteiger partial charge in [0.05, 0.1) is 4.91 Å². The second-order valence-electron chi connectivity index (χ2n) is 6.32. The van der Waals surface area contributed by atoms with E-state index in [-0.39, 0.29) is 17.5 Å². The van der Waals surface area contributed by atoms with Gasteiger partial charge in [-0.3, -0.25) is 9.69 Å². The van der Waals surface area contributed by atoms with Crippen LogP contribution >= 0.6 is 11.8 Å². The fraction of sp³-hybridized carbons (Fsp3) is 0.200. The monoisotopic (exact) mass is 372 g/mol. The van der Waals surface area contributed by atoms with Crippen LogP contribution in [0.4, 0.5) is 14.5 Å². The van der Waals surface area contributed by atoms with Gasteiger partial charge < -0.3 is 0 Å². The van der Waals surface area contributed by atoms with Gasteiger partial charge in [-0.05, 0) is 41.5 Å². The summed E-state index contributed by atoms with van der Waals surface area (Å²) in [6, 6.07) is 12.7. The van der Waals surface area contributed by atoms with Gasteiger partial charge >= 0.3 is 0 Å². The molecule has 2 aromatic carbocycles. The topological polar surface area (TPSA) is 32.7 Å². The average molecular weight is 372 g/mol. The van der Waals surface area contributed by atoms with Gasteiger partial charge in [-0.2, -0.15) is 0 Å². The number of carbonyl (C=O) groups excluding carboxylic acids is 1. The smallest absolute Gasteiger partial charge is 0.266 e. The number of amidine groups is 1. The van der Waals surface area contributed by atoms with E-state index in [9.17, 15) is 13.6 Å². The van der Waals surface area contributed by atoms with E-state index in [2.05, 4.69) is 4.99 Å². The Morgan fingerprint density at radius 3 is 2.54 bits per heavy atom. The third kappa shape index (κ3) is 4.19. The molecule has 0 radical (unpaired) electrons. The lowest BCUT2D eigenvalue weighted by molar-refractivity contribution is -0.122. The van der Waals surface area contributed by atoms with Crippen LogP contribution in [0.5, 0.6) is 0 Å². The van der Waals surface area contributed by atoms with Crippen LogP contribution in [0.15, 0.2) is 58.4 Å². The fourth-order valence-electron chi connectivity index (χ4n) is 2.49. The predicted octanol–water partition coefficient (Wildman–Crippen LogP) is 5.22. The molecule has 3 nitrogen and oxygen atoms in total. The molecule has 0 saturated carbocycles. The van der Waals surface area contributed by atoms with Crippen molar-refractivity contribution < 1.29 is 13.6 Å². The molecule has 0 unspecified atom stereocenters. The first-order valence-corrected chi connectivity index (χ1v) is 9.06. The Morgan fingerprint density at radius 1 is 1.15 bits per heavy atom. The predicted molar refractivity (Wildman–Crippen MR) is 102 cm³/mol. The molecule has 1 aliphatic heterocycles. The first-order valence-electron chi connectivity index (χ1n) is 8.24. The summed E-state index contributed by atoms with van der Waals surface area (Å²) >= 11 is 1.20. The van der Waals surface area contributed by atoms with E-state index in [0.29, 0.717) is 16.6 Å². The molecule has 0 N–H and O–H groups in total. The molecule has 0 atom stereocenters. The molecule has 0 spiro atoms. The number of hydrogen-bond acceptors (Lipinski definition) is 3. The molecule has 0 aliphatic carbocycles. The Morgan fingerprint density at radius 2 is 1.88 bits per heavy atom. The van der Waals surface area contributed by atoms with Gasteiger partial charge in [0.15, 0.2) is 11.0 Å². The van der Waals surface area contributed by atoms with Gasteiger partial charge in [0.1, 0.15) is 11.5 Å². The second kappa shape index (κ2) is 7.83. The largest absolute Gasteiger partial charge is 0.286 e. The Hall–Kier alpha value is -2.47. The van der Waals surface area contributed by atoms with Crippen molar-refractivity contribution in [3.05, 3.63) is 70.6 Å². The molecule has 134 valence electrons. The molecule has 1 heterocycles. The zero-order valence-electron chi connectivity index (χ0n) is 14.4. The highest BCUT2D eigenvalue weighted by molar-refractivity contribution is 8.18. The molecular weight excluding hydrogens is 354 g/mol. The Labute approximate surface area is 155 Å². The summed E-state index contributed by atoms with van der Waals surface area (Å²) in [5.74, 6) is -1.35. The van der Waals surface area contributed by atoms with Crippen molar-refractivity contribution in [3.8, 4) is 0 Å². The zero-order chi connectivity index (χ0) is 18.7. The number of thioether (sulfide) groups is 1. The van der Waals surface area contributed by atoms with Crippen molar-refractivity contribution in [1.82, 2.24) is 4.90 Å². The molecular formula is C20H18F2N2OS. The Balaban J connectivity index is 1.98. The maximum absolute atomic E-state index is 14.0. The van der Waals surface area contributed by atoms with Gasteiger partial charge in [0, 0.05) is 12.6 Å². The number of nitrogens with zero attached hydrogens (tertiary/aromatic N) is 2. The third-order valence-corrected chi connectivity index (χ3v) is 4.67. The van der Waals surface area contributed by atoms with Gasteiger partial charge in [-0.15, -0.1) is 0 Å². The number of carbonyl (C=O) groups is 1. The number of benzene rings is 2. The van der Waals surface area contributed by atoms with Crippen LogP contribution in [0.25, 0.3) is 6.08 Å². The average Bonchev–Trinajstić information content (AvgIpc) is 2.87. The third-order valence-electron chi connectivity index (χ3n) is 3.66. The lowest BCUT2D eigenvalue weighted by Gasteiger charge is -2.17. The standard InChI is InChI=1S/C20H18F2N2OS/c1-13(2)12-24-19(25)18(10-14-6-4-3-5-7-14)26-20(24)23-17-9-8-15(21)11-16(17)22/h3-11,13H,12H2,1-2H3/b18-10+,23-20?. The minimum absolute atomic E-state index is 0.0106. The molecule has 2 aromatic rings. The van der Waals surface area contributed by atoms with Crippen molar-refractivity contribution in [2.45, 2.75) is 13.8 Å². The summed E-state index contributed by atoms with van der Waals surface area (Å²) in [5.41, 5.74) is 0.915. The molecule has 6 heteroatoms. The maximum atomic E-state index is 14.0. The van der Waals surface area contributed by atoms with E-state index < -0.39 is 11.6 Å². The maximum Gasteiger partial charge on any atom is 0.266 e.